The van der Waals surface area contributed by atoms with E-state index >= 15 is 0 Å². The second kappa shape index (κ2) is 11.0. The summed E-state index contributed by atoms with van der Waals surface area (Å²) in [5, 5.41) is 9.21. The van der Waals surface area contributed by atoms with Crippen molar-refractivity contribution >= 4 is 10.1 Å². The van der Waals surface area contributed by atoms with Crippen molar-refractivity contribution in [3.8, 4) is 5.75 Å². The van der Waals surface area contributed by atoms with E-state index in [1.807, 2.05) is 19.1 Å². The number of aliphatic hydroxyl groups is 1. The Hall–Kier alpha value is -1.11. The lowest BCUT2D eigenvalue weighted by Gasteiger charge is -2.37. The molecule has 0 saturated carbocycles. The van der Waals surface area contributed by atoms with Gasteiger partial charge in [-0.1, -0.05) is 45.7 Å². The summed E-state index contributed by atoms with van der Waals surface area (Å²) in [6, 6.07) is 7.50. The van der Waals surface area contributed by atoms with Crippen LogP contribution in [0.5, 0.6) is 5.75 Å². The minimum atomic E-state index is -3.91. The summed E-state index contributed by atoms with van der Waals surface area (Å²) in [5.41, 5.74) is 1.13. The molecule has 1 atom stereocenters. The quantitative estimate of drug-likeness (QED) is 0.494. The SMILES string of the molecule is CCCC(CCC)c1cccc(OS(=O)(=O)C(CC)(CCCO)N(C)C)c1. The number of nitrogens with zero attached hydrogens (tertiary/aromatic N) is 1. The van der Waals surface area contributed by atoms with Gasteiger partial charge in [0.05, 0.1) is 0 Å². The summed E-state index contributed by atoms with van der Waals surface area (Å²) in [5.74, 6) is 0.791. The standard InChI is InChI=1S/C21H37NO4S/c1-6-11-18(12-7-2)19-13-9-14-20(17-19)26-27(24,25)21(8-3,22(4)5)15-10-16-23/h9,13-14,17-18,23H,6-8,10-12,15-16H2,1-5H3. The van der Waals surface area contributed by atoms with Gasteiger partial charge in [0.1, 0.15) is 5.75 Å². The van der Waals surface area contributed by atoms with Crippen LogP contribution in [0.15, 0.2) is 24.3 Å². The van der Waals surface area contributed by atoms with E-state index in [2.05, 4.69) is 19.9 Å². The Kier molecular flexibility index (Phi) is 9.77. The van der Waals surface area contributed by atoms with Crippen LogP contribution >= 0.6 is 0 Å². The minimum absolute atomic E-state index is 0.0453. The van der Waals surface area contributed by atoms with Gasteiger partial charge in [0, 0.05) is 6.61 Å². The van der Waals surface area contributed by atoms with Crippen LogP contribution in [0.2, 0.25) is 0 Å². The molecule has 0 saturated heterocycles. The van der Waals surface area contributed by atoms with Crippen molar-refractivity contribution in [1.29, 1.82) is 0 Å². The van der Waals surface area contributed by atoms with Crippen LogP contribution in [-0.4, -0.2) is 44.0 Å². The van der Waals surface area contributed by atoms with Crippen molar-refractivity contribution in [2.45, 2.75) is 76.5 Å². The zero-order valence-corrected chi connectivity index (χ0v) is 18.4. The average Bonchev–Trinajstić information content (AvgIpc) is 2.62. The lowest BCUT2D eigenvalue weighted by molar-refractivity contribution is 0.183. The highest BCUT2D eigenvalue weighted by Gasteiger charge is 2.46. The Morgan fingerprint density at radius 2 is 1.78 bits per heavy atom. The normalized spacial score (nSPS) is 14.5. The van der Waals surface area contributed by atoms with Crippen LogP contribution < -0.4 is 4.18 Å². The first kappa shape index (κ1) is 23.9. The molecule has 0 amide bonds. The van der Waals surface area contributed by atoms with Gasteiger partial charge in [0.25, 0.3) is 0 Å². The van der Waals surface area contributed by atoms with E-state index in [1.54, 1.807) is 25.1 Å². The van der Waals surface area contributed by atoms with Crippen molar-refractivity contribution in [3.05, 3.63) is 29.8 Å². The molecule has 1 rings (SSSR count). The maximum atomic E-state index is 13.2. The topological polar surface area (TPSA) is 66.8 Å². The van der Waals surface area contributed by atoms with Crippen molar-refractivity contribution in [2.75, 3.05) is 20.7 Å². The Morgan fingerprint density at radius 1 is 1.15 bits per heavy atom. The van der Waals surface area contributed by atoms with Gasteiger partial charge in [-0.3, -0.25) is 4.90 Å². The lowest BCUT2D eigenvalue weighted by Crippen LogP contribution is -2.52. The summed E-state index contributed by atoms with van der Waals surface area (Å²) in [4.78, 5) is 0.538. The third-order valence-electron chi connectivity index (χ3n) is 5.37. The lowest BCUT2D eigenvalue weighted by atomic mass is 9.90. The first-order chi connectivity index (χ1) is 12.8. The number of hydrogen-bond donors (Lipinski definition) is 1. The highest BCUT2D eigenvalue weighted by molar-refractivity contribution is 7.88. The van der Waals surface area contributed by atoms with Crippen molar-refractivity contribution in [3.63, 3.8) is 0 Å². The van der Waals surface area contributed by atoms with Gasteiger partial charge in [-0.2, -0.15) is 8.42 Å². The van der Waals surface area contributed by atoms with Crippen molar-refractivity contribution < 1.29 is 17.7 Å². The van der Waals surface area contributed by atoms with E-state index in [1.165, 1.54) is 0 Å². The van der Waals surface area contributed by atoms with E-state index in [9.17, 15) is 13.5 Å². The van der Waals surface area contributed by atoms with Gasteiger partial charge < -0.3 is 9.29 Å². The van der Waals surface area contributed by atoms with Gasteiger partial charge in [-0.25, -0.2) is 0 Å². The summed E-state index contributed by atoms with van der Waals surface area (Å²) in [6.45, 7) is 6.13. The molecule has 0 aliphatic carbocycles. The van der Waals surface area contributed by atoms with E-state index in [0.717, 1.165) is 31.2 Å². The van der Waals surface area contributed by atoms with Gasteiger partial charge in [-0.15, -0.1) is 0 Å². The summed E-state index contributed by atoms with van der Waals surface area (Å²) < 4.78 is 32.0. The molecule has 1 N–H and O–H groups in total. The molecule has 1 aromatic carbocycles. The predicted octanol–water partition coefficient (Wildman–Crippen LogP) is 4.52. The van der Waals surface area contributed by atoms with E-state index < -0.39 is 15.0 Å². The van der Waals surface area contributed by atoms with Crippen LogP contribution in [0.3, 0.4) is 0 Å². The van der Waals surface area contributed by atoms with Crippen molar-refractivity contribution in [1.82, 2.24) is 4.90 Å². The van der Waals surface area contributed by atoms with E-state index in [0.29, 0.717) is 30.9 Å². The molecule has 0 aliphatic heterocycles. The second-order valence-corrected chi connectivity index (χ2v) is 9.24. The van der Waals surface area contributed by atoms with Gasteiger partial charge >= 0.3 is 10.1 Å². The second-order valence-electron chi connectivity index (χ2n) is 7.41. The minimum Gasteiger partial charge on any atom is -0.396 e. The first-order valence-corrected chi connectivity index (χ1v) is 11.5. The zero-order chi connectivity index (χ0) is 20.5. The molecule has 1 unspecified atom stereocenters. The third-order valence-corrected chi connectivity index (χ3v) is 7.57. The molecule has 1 aromatic rings. The smallest absolute Gasteiger partial charge is 0.328 e. The Labute approximate surface area is 165 Å². The summed E-state index contributed by atoms with van der Waals surface area (Å²) in [7, 11) is -0.417. The Bertz CT molecular complexity index is 654. The molecule has 6 heteroatoms. The first-order valence-electron chi connectivity index (χ1n) is 10.1. The number of rotatable bonds is 13. The third kappa shape index (κ3) is 5.93. The molecule has 27 heavy (non-hydrogen) atoms. The molecule has 156 valence electrons. The molecule has 0 aliphatic rings. The van der Waals surface area contributed by atoms with Gasteiger partial charge in [0.15, 0.2) is 4.87 Å². The number of benzene rings is 1. The van der Waals surface area contributed by atoms with Gasteiger partial charge in [0.2, 0.25) is 0 Å². The van der Waals surface area contributed by atoms with Crippen molar-refractivity contribution in [2.24, 2.45) is 0 Å². The fourth-order valence-electron chi connectivity index (χ4n) is 3.80. The predicted molar refractivity (Wildman–Crippen MR) is 112 cm³/mol. The maximum Gasteiger partial charge on any atom is 0.328 e. The van der Waals surface area contributed by atoms with Crippen LogP contribution in [-0.2, 0) is 10.1 Å². The number of aliphatic hydroxyl groups excluding tert-OH is 1. The average molecular weight is 400 g/mol. The van der Waals surface area contributed by atoms with Crippen LogP contribution in [0, 0.1) is 0 Å². The van der Waals surface area contributed by atoms with Crippen LogP contribution in [0.1, 0.15) is 77.2 Å². The molecule has 0 fully saturated rings. The Balaban J connectivity index is 3.18. The zero-order valence-electron chi connectivity index (χ0n) is 17.6. The number of hydrogen-bond acceptors (Lipinski definition) is 5. The molecule has 0 aromatic heterocycles. The van der Waals surface area contributed by atoms with Crippen LogP contribution in [0.4, 0.5) is 0 Å². The monoisotopic (exact) mass is 399 g/mol. The molecular weight excluding hydrogens is 362 g/mol. The van der Waals surface area contributed by atoms with E-state index in [4.69, 9.17) is 4.18 Å². The fraction of sp³-hybridized carbons (Fsp3) is 0.714. The molecular formula is C21H37NO4S. The molecule has 5 nitrogen and oxygen atoms in total. The molecule has 0 heterocycles. The maximum absolute atomic E-state index is 13.2. The van der Waals surface area contributed by atoms with E-state index in [-0.39, 0.29) is 6.61 Å². The van der Waals surface area contributed by atoms with Gasteiger partial charge in [-0.05, 0) is 69.8 Å². The highest BCUT2D eigenvalue weighted by atomic mass is 32.2. The molecule has 0 spiro atoms. The summed E-state index contributed by atoms with van der Waals surface area (Å²) in [6.07, 6.45) is 5.46. The largest absolute Gasteiger partial charge is 0.396 e. The van der Waals surface area contributed by atoms with Crippen LogP contribution in [0.25, 0.3) is 0 Å². The molecule has 0 bridgehead atoms. The highest BCUT2D eigenvalue weighted by Crippen LogP contribution is 2.34. The summed E-state index contributed by atoms with van der Waals surface area (Å²) >= 11 is 0. The molecule has 0 radical (unpaired) electrons. The fourth-order valence-corrected chi connectivity index (χ4v) is 5.50. The Morgan fingerprint density at radius 3 is 2.26 bits per heavy atom.